The molecule has 1 amide bonds. The molecule has 0 aromatic heterocycles. The first-order valence-corrected chi connectivity index (χ1v) is 6.98. The van der Waals surface area contributed by atoms with E-state index in [1.165, 1.54) is 12.1 Å². The summed E-state index contributed by atoms with van der Waals surface area (Å²) >= 11 is 11.8. The van der Waals surface area contributed by atoms with Crippen molar-refractivity contribution in [1.29, 1.82) is 0 Å². The van der Waals surface area contributed by atoms with E-state index in [0.29, 0.717) is 0 Å². The van der Waals surface area contributed by atoms with Gasteiger partial charge in [-0.1, -0.05) is 23.2 Å². The number of anilines is 1. The van der Waals surface area contributed by atoms with Crippen molar-refractivity contribution >= 4 is 40.8 Å². The van der Waals surface area contributed by atoms with E-state index in [9.17, 15) is 9.59 Å². The second kappa shape index (κ2) is 6.43. The molecule has 0 saturated carbocycles. The summed E-state index contributed by atoms with van der Waals surface area (Å²) in [6, 6.07) is 2.68. The molecule has 0 bridgehead atoms. The molecule has 1 aromatic carbocycles. The van der Waals surface area contributed by atoms with Gasteiger partial charge in [-0.25, -0.2) is 4.79 Å². The molecule has 7 heteroatoms. The van der Waals surface area contributed by atoms with Gasteiger partial charge in [0.1, 0.15) is 0 Å². The van der Waals surface area contributed by atoms with Crippen LogP contribution in [0.2, 0.25) is 10.0 Å². The number of carbonyl (C=O) groups excluding carboxylic acids is 1. The van der Waals surface area contributed by atoms with Crippen LogP contribution in [0, 0.1) is 5.92 Å². The fraction of sp³-hybridized carbons (Fsp3) is 0.385. The Balaban J connectivity index is 2.23. The summed E-state index contributed by atoms with van der Waals surface area (Å²) in [7, 11) is 0. The summed E-state index contributed by atoms with van der Waals surface area (Å²) in [5, 5.41) is 15.3. The minimum Gasteiger partial charge on any atom is -0.478 e. The lowest BCUT2D eigenvalue weighted by molar-refractivity contribution is -0.120. The van der Waals surface area contributed by atoms with Gasteiger partial charge in [0.2, 0.25) is 5.91 Å². The number of benzene rings is 1. The van der Waals surface area contributed by atoms with Crippen LogP contribution in [0.4, 0.5) is 5.69 Å². The first-order valence-electron chi connectivity index (χ1n) is 6.23. The summed E-state index contributed by atoms with van der Waals surface area (Å²) < 4.78 is 0. The van der Waals surface area contributed by atoms with Gasteiger partial charge in [0.05, 0.1) is 16.3 Å². The Morgan fingerprint density at radius 2 is 1.90 bits per heavy atom. The fourth-order valence-corrected chi connectivity index (χ4v) is 2.72. The Morgan fingerprint density at radius 3 is 2.50 bits per heavy atom. The molecule has 1 saturated heterocycles. The van der Waals surface area contributed by atoms with E-state index in [-0.39, 0.29) is 33.1 Å². The number of rotatable bonds is 3. The molecular formula is C13H14Cl2N2O3. The van der Waals surface area contributed by atoms with E-state index in [1.54, 1.807) is 0 Å². The van der Waals surface area contributed by atoms with Crippen LogP contribution < -0.4 is 10.6 Å². The molecule has 0 unspecified atom stereocenters. The van der Waals surface area contributed by atoms with E-state index in [0.717, 1.165) is 25.9 Å². The summed E-state index contributed by atoms with van der Waals surface area (Å²) in [6.45, 7) is 1.55. The molecule has 0 atom stereocenters. The summed E-state index contributed by atoms with van der Waals surface area (Å²) in [5.74, 6) is -1.53. The van der Waals surface area contributed by atoms with Crippen LogP contribution in [0.15, 0.2) is 12.1 Å². The number of aromatic carboxylic acids is 1. The maximum atomic E-state index is 12.2. The molecule has 0 spiro atoms. The van der Waals surface area contributed by atoms with Crippen molar-refractivity contribution in [3.63, 3.8) is 0 Å². The van der Waals surface area contributed by atoms with Gasteiger partial charge in [0.15, 0.2) is 0 Å². The zero-order chi connectivity index (χ0) is 14.7. The predicted octanol–water partition coefficient (Wildman–Crippen LogP) is 2.63. The van der Waals surface area contributed by atoms with E-state index in [4.69, 9.17) is 28.3 Å². The number of halogens is 2. The van der Waals surface area contributed by atoms with Gasteiger partial charge in [-0.05, 0) is 38.1 Å². The summed E-state index contributed by atoms with van der Waals surface area (Å²) in [4.78, 5) is 23.4. The van der Waals surface area contributed by atoms with E-state index in [2.05, 4.69) is 10.6 Å². The van der Waals surface area contributed by atoms with Gasteiger partial charge < -0.3 is 15.7 Å². The normalized spacial score (nSPS) is 15.9. The topological polar surface area (TPSA) is 78.4 Å². The van der Waals surface area contributed by atoms with Gasteiger partial charge >= 0.3 is 5.97 Å². The second-order valence-electron chi connectivity index (χ2n) is 4.63. The standard InChI is InChI=1S/C13H14Cl2N2O3/c14-8-5-9(13(19)20)11(10(15)6-8)17-12(18)7-1-3-16-4-2-7/h5-7,16H,1-4H2,(H,17,18)(H,19,20). The molecule has 1 aromatic rings. The average molecular weight is 317 g/mol. The molecule has 2 rings (SSSR count). The van der Waals surface area contributed by atoms with Gasteiger partial charge in [-0.3, -0.25) is 4.79 Å². The molecule has 108 valence electrons. The zero-order valence-corrected chi connectivity index (χ0v) is 12.1. The first-order chi connectivity index (χ1) is 9.49. The second-order valence-corrected chi connectivity index (χ2v) is 5.47. The van der Waals surface area contributed by atoms with Crippen LogP contribution in [0.25, 0.3) is 0 Å². The largest absolute Gasteiger partial charge is 0.478 e. The van der Waals surface area contributed by atoms with E-state index >= 15 is 0 Å². The highest BCUT2D eigenvalue weighted by atomic mass is 35.5. The Kier molecular flexibility index (Phi) is 4.86. The lowest BCUT2D eigenvalue weighted by atomic mass is 9.97. The van der Waals surface area contributed by atoms with E-state index in [1.807, 2.05) is 0 Å². The molecule has 1 fully saturated rings. The number of piperidine rings is 1. The Labute approximate surface area is 126 Å². The maximum Gasteiger partial charge on any atom is 0.337 e. The monoisotopic (exact) mass is 316 g/mol. The van der Waals surface area contributed by atoms with E-state index < -0.39 is 5.97 Å². The number of nitrogens with one attached hydrogen (secondary N) is 2. The smallest absolute Gasteiger partial charge is 0.337 e. The molecular weight excluding hydrogens is 303 g/mol. The maximum absolute atomic E-state index is 12.2. The van der Waals surface area contributed by atoms with Gasteiger partial charge in [0, 0.05) is 10.9 Å². The molecule has 1 heterocycles. The molecule has 3 N–H and O–H groups in total. The van der Waals surface area contributed by atoms with Crippen LogP contribution in [0.5, 0.6) is 0 Å². The minimum atomic E-state index is -1.19. The number of hydrogen-bond donors (Lipinski definition) is 3. The summed E-state index contributed by atoms with van der Waals surface area (Å²) in [6.07, 6.45) is 1.44. The van der Waals surface area contributed by atoms with Gasteiger partial charge in [-0.15, -0.1) is 0 Å². The van der Waals surface area contributed by atoms with Gasteiger partial charge in [-0.2, -0.15) is 0 Å². The van der Waals surface area contributed by atoms with Crippen molar-refractivity contribution < 1.29 is 14.7 Å². The predicted molar refractivity (Wildman–Crippen MR) is 77.6 cm³/mol. The first kappa shape index (κ1) is 15.1. The summed E-state index contributed by atoms with van der Waals surface area (Å²) in [5.41, 5.74) is -0.00289. The third-order valence-electron chi connectivity index (χ3n) is 3.24. The minimum absolute atomic E-state index is 0.104. The van der Waals surface area contributed by atoms with Crippen molar-refractivity contribution in [1.82, 2.24) is 5.32 Å². The highest BCUT2D eigenvalue weighted by Gasteiger charge is 2.24. The van der Waals surface area contributed by atoms with Crippen LogP contribution in [-0.2, 0) is 4.79 Å². The number of carboxylic acids is 1. The van der Waals surface area contributed by atoms with Crippen LogP contribution in [0.1, 0.15) is 23.2 Å². The number of carboxylic acid groups (broad SMARTS) is 1. The molecule has 20 heavy (non-hydrogen) atoms. The van der Waals surface area contributed by atoms with Crippen molar-refractivity contribution in [3.05, 3.63) is 27.7 Å². The van der Waals surface area contributed by atoms with Gasteiger partial charge in [0.25, 0.3) is 0 Å². The molecule has 0 aliphatic carbocycles. The Hall–Kier alpha value is -1.30. The molecule has 0 radical (unpaired) electrons. The highest BCUT2D eigenvalue weighted by Crippen LogP contribution is 2.31. The number of carbonyl (C=O) groups is 2. The van der Waals surface area contributed by atoms with Crippen molar-refractivity contribution in [2.75, 3.05) is 18.4 Å². The lowest BCUT2D eigenvalue weighted by Gasteiger charge is -2.22. The number of hydrogen-bond acceptors (Lipinski definition) is 3. The zero-order valence-electron chi connectivity index (χ0n) is 10.6. The van der Waals surface area contributed by atoms with Crippen molar-refractivity contribution in [2.45, 2.75) is 12.8 Å². The lowest BCUT2D eigenvalue weighted by Crippen LogP contribution is -2.35. The Bertz CT molecular complexity index is 543. The third kappa shape index (κ3) is 3.42. The van der Waals surface area contributed by atoms with Crippen LogP contribution >= 0.6 is 23.2 Å². The van der Waals surface area contributed by atoms with Crippen LogP contribution in [0.3, 0.4) is 0 Å². The molecule has 1 aliphatic heterocycles. The third-order valence-corrected chi connectivity index (χ3v) is 3.76. The molecule has 1 aliphatic rings. The van der Waals surface area contributed by atoms with Crippen molar-refractivity contribution in [3.8, 4) is 0 Å². The highest BCUT2D eigenvalue weighted by molar-refractivity contribution is 6.37. The Morgan fingerprint density at radius 1 is 1.25 bits per heavy atom. The van der Waals surface area contributed by atoms with Crippen molar-refractivity contribution in [2.24, 2.45) is 5.92 Å². The van der Waals surface area contributed by atoms with Crippen LogP contribution in [-0.4, -0.2) is 30.1 Å². The quantitative estimate of drug-likeness (QED) is 0.801. The fourth-order valence-electron chi connectivity index (χ4n) is 2.18. The molecule has 5 nitrogen and oxygen atoms in total. The SMILES string of the molecule is O=C(O)c1cc(Cl)cc(Cl)c1NC(=O)C1CCNCC1. The number of amides is 1. The average Bonchev–Trinajstić information content (AvgIpc) is 2.42.